The van der Waals surface area contributed by atoms with E-state index in [1.54, 1.807) is 0 Å². The molecule has 1 aliphatic rings. The van der Waals surface area contributed by atoms with Gasteiger partial charge in [-0.25, -0.2) is 9.79 Å². The van der Waals surface area contributed by atoms with Crippen LogP contribution in [0.2, 0.25) is 0 Å². The second-order valence-electron chi connectivity index (χ2n) is 5.51. The molecule has 0 unspecified atom stereocenters. The Morgan fingerprint density at radius 1 is 1.24 bits per heavy atom. The van der Waals surface area contributed by atoms with Gasteiger partial charge < -0.3 is 14.9 Å². The Labute approximate surface area is 151 Å². The summed E-state index contributed by atoms with van der Waals surface area (Å²) in [7, 11) is 0. The quantitative estimate of drug-likeness (QED) is 0.505. The second kappa shape index (κ2) is 5.86. The number of rotatable bonds is 2. The van der Waals surface area contributed by atoms with Crippen LogP contribution in [0, 0.1) is 0 Å². The number of fused-ring (bicyclic) bond motifs is 2. The summed E-state index contributed by atoms with van der Waals surface area (Å²) in [5.41, 5.74) is 3.56. The fourth-order valence-corrected chi connectivity index (χ4v) is 3.32. The molecule has 0 spiro atoms. The van der Waals surface area contributed by atoms with Crippen LogP contribution in [0.4, 0.5) is 5.69 Å². The SMILES string of the molecule is CC(=O)ON=C1C(c2c(O)[nH]c3c(Br)cccc23)=Nc2ccccc21. The molecule has 4 rings (SSSR count). The molecule has 6 nitrogen and oxygen atoms in total. The summed E-state index contributed by atoms with van der Waals surface area (Å²) in [6.07, 6.45) is 0. The Kier molecular flexibility index (Phi) is 3.65. The second-order valence-corrected chi connectivity index (χ2v) is 6.37. The fourth-order valence-electron chi connectivity index (χ4n) is 2.86. The number of aliphatic imine (C=N–C) groups is 1. The molecule has 2 aromatic carbocycles. The van der Waals surface area contributed by atoms with Gasteiger partial charge in [0.1, 0.15) is 11.4 Å². The zero-order valence-electron chi connectivity index (χ0n) is 13.1. The minimum atomic E-state index is -0.526. The molecule has 124 valence electrons. The molecule has 0 bridgehead atoms. The smallest absolute Gasteiger partial charge is 0.332 e. The van der Waals surface area contributed by atoms with Crippen LogP contribution in [-0.4, -0.2) is 27.5 Å². The number of nitrogens with zero attached hydrogens (tertiary/aromatic N) is 2. The topological polar surface area (TPSA) is 87.0 Å². The van der Waals surface area contributed by atoms with Crippen molar-refractivity contribution in [2.24, 2.45) is 10.1 Å². The van der Waals surface area contributed by atoms with E-state index in [1.807, 2.05) is 42.5 Å². The van der Waals surface area contributed by atoms with E-state index in [2.05, 4.69) is 31.1 Å². The molecule has 0 saturated heterocycles. The number of para-hydroxylation sites is 2. The van der Waals surface area contributed by atoms with Crippen LogP contribution < -0.4 is 0 Å². The van der Waals surface area contributed by atoms with Crippen LogP contribution in [0.5, 0.6) is 5.88 Å². The third kappa shape index (κ3) is 2.53. The molecule has 1 aromatic heterocycles. The average molecular weight is 398 g/mol. The van der Waals surface area contributed by atoms with Gasteiger partial charge in [0.05, 0.1) is 16.8 Å². The minimum Gasteiger partial charge on any atom is -0.494 e. The molecule has 0 aliphatic carbocycles. The number of hydrogen-bond donors (Lipinski definition) is 2. The summed E-state index contributed by atoms with van der Waals surface area (Å²) in [6.45, 7) is 1.28. The van der Waals surface area contributed by atoms with Crippen LogP contribution >= 0.6 is 15.9 Å². The standard InChI is InChI=1S/C18H12BrN3O3/c1-9(23)25-22-16-10-5-2-3-8-13(10)20-17(16)14-11-6-4-7-12(19)15(11)21-18(14)24/h2-8,21,24H,1H3. The Hall–Kier alpha value is -2.93. The highest BCUT2D eigenvalue weighted by Gasteiger charge is 2.29. The number of aromatic amines is 1. The van der Waals surface area contributed by atoms with E-state index in [1.165, 1.54) is 6.92 Å². The lowest BCUT2D eigenvalue weighted by molar-refractivity contribution is -0.140. The van der Waals surface area contributed by atoms with Gasteiger partial charge in [-0.15, -0.1) is 0 Å². The number of aromatic hydroxyl groups is 1. The van der Waals surface area contributed by atoms with Gasteiger partial charge in [0.15, 0.2) is 5.88 Å². The van der Waals surface area contributed by atoms with Crippen molar-refractivity contribution in [2.45, 2.75) is 6.92 Å². The number of hydrogen-bond acceptors (Lipinski definition) is 5. The Morgan fingerprint density at radius 3 is 2.84 bits per heavy atom. The Morgan fingerprint density at radius 2 is 2.04 bits per heavy atom. The van der Waals surface area contributed by atoms with E-state index in [9.17, 15) is 9.90 Å². The lowest BCUT2D eigenvalue weighted by Crippen LogP contribution is -2.14. The first kappa shape index (κ1) is 15.6. The van der Waals surface area contributed by atoms with Gasteiger partial charge in [-0.05, 0) is 28.1 Å². The first-order valence-electron chi connectivity index (χ1n) is 7.50. The maximum Gasteiger partial charge on any atom is 0.332 e. The molecule has 7 heteroatoms. The van der Waals surface area contributed by atoms with Gasteiger partial charge in [-0.3, -0.25) is 0 Å². The molecule has 0 fully saturated rings. The molecule has 0 radical (unpaired) electrons. The molecule has 2 N–H and O–H groups in total. The lowest BCUT2D eigenvalue weighted by atomic mass is 10.0. The zero-order chi connectivity index (χ0) is 17.6. The summed E-state index contributed by atoms with van der Waals surface area (Å²) in [5, 5.41) is 15.2. The van der Waals surface area contributed by atoms with Crippen LogP contribution in [0.15, 0.2) is 57.1 Å². The summed E-state index contributed by atoms with van der Waals surface area (Å²) in [4.78, 5) is 23.6. The van der Waals surface area contributed by atoms with Crippen molar-refractivity contribution in [3.05, 3.63) is 58.1 Å². The monoisotopic (exact) mass is 397 g/mol. The Bertz CT molecular complexity index is 1080. The van der Waals surface area contributed by atoms with Crippen molar-refractivity contribution in [2.75, 3.05) is 0 Å². The van der Waals surface area contributed by atoms with Gasteiger partial charge in [0, 0.05) is 22.3 Å². The van der Waals surface area contributed by atoms with Gasteiger partial charge in [-0.2, -0.15) is 0 Å². The summed E-state index contributed by atoms with van der Waals surface area (Å²) >= 11 is 3.46. The molecule has 0 atom stereocenters. The third-order valence-corrected chi connectivity index (χ3v) is 4.54. The number of halogens is 1. The van der Waals surface area contributed by atoms with Gasteiger partial charge in [0.2, 0.25) is 0 Å². The predicted octanol–water partition coefficient (Wildman–Crippen LogP) is 4.04. The maximum atomic E-state index is 11.2. The molecular formula is C18H12BrN3O3. The third-order valence-electron chi connectivity index (χ3n) is 3.88. The molecule has 3 aromatic rings. The Balaban J connectivity index is 1.96. The number of oxime groups is 1. The molecule has 25 heavy (non-hydrogen) atoms. The molecule has 1 aliphatic heterocycles. The van der Waals surface area contributed by atoms with Crippen LogP contribution in [0.25, 0.3) is 10.9 Å². The van der Waals surface area contributed by atoms with Crippen molar-refractivity contribution in [3.63, 3.8) is 0 Å². The molecule has 2 heterocycles. The maximum absolute atomic E-state index is 11.2. The molecular weight excluding hydrogens is 386 g/mol. The van der Waals surface area contributed by atoms with E-state index in [-0.39, 0.29) is 5.88 Å². The summed E-state index contributed by atoms with van der Waals surface area (Å²) in [5.74, 6) is -0.550. The van der Waals surface area contributed by atoms with Crippen molar-refractivity contribution in [3.8, 4) is 5.88 Å². The largest absolute Gasteiger partial charge is 0.494 e. The molecule has 0 amide bonds. The summed E-state index contributed by atoms with van der Waals surface area (Å²) in [6, 6.07) is 13.0. The average Bonchev–Trinajstić information content (AvgIpc) is 3.10. The van der Waals surface area contributed by atoms with E-state index in [0.29, 0.717) is 22.7 Å². The number of carbonyl (C=O) groups excluding carboxylic acids is 1. The first-order chi connectivity index (χ1) is 12.1. The molecule has 0 saturated carbocycles. The fraction of sp³-hybridized carbons (Fsp3) is 0.0556. The number of aromatic nitrogens is 1. The summed E-state index contributed by atoms with van der Waals surface area (Å²) < 4.78 is 0.820. The van der Waals surface area contributed by atoms with Crippen LogP contribution in [-0.2, 0) is 9.63 Å². The zero-order valence-corrected chi connectivity index (χ0v) is 14.7. The number of nitrogens with one attached hydrogen (secondary N) is 1. The highest BCUT2D eigenvalue weighted by molar-refractivity contribution is 9.10. The van der Waals surface area contributed by atoms with Gasteiger partial charge >= 0.3 is 5.97 Å². The number of H-pyrrole nitrogens is 1. The predicted molar refractivity (Wildman–Crippen MR) is 98.6 cm³/mol. The van der Waals surface area contributed by atoms with E-state index >= 15 is 0 Å². The minimum absolute atomic E-state index is 0.0241. The highest BCUT2D eigenvalue weighted by Crippen LogP contribution is 2.37. The first-order valence-corrected chi connectivity index (χ1v) is 8.29. The highest BCUT2D eigenvalue weighted by atomic mass is 79.9. The van der Waals surface area contributed by atoms with E-state index < -0.39 is 5.97 Å². The van der Waals surface area contributed by atoms with E-state index in [4.69, 9.17) is 4.84 Å². The van der Waals surface area contributed by atoms with Crippen molar-refractivity contribution < 1.29 is 14.7 Å². The lowest BCUT2D eigenvalue weighted by Gasteiger charge is -2.03. The van der Waals surface area contributed by atoms with Crippen molar-refractivity contribution >= 4 is 49.9 Å². The van der Waals surface area contributed by atoms with Crippen molar-refractivity contribution in [1.82, 2.24) is 4.98 Å². The van der Waals surface area contributed by atoms with Gasteiger partial charge in [-0.1, -0.05) is 35.5 Å². The normalized spacial score (nSPS) is 14.6. The van der Waals surface area contributed by atoms with Crippen LogP contribution in [0.3, 0.4) is 0 Å². The number of benzene rings is 2. The van der Waals surface area contributed by atoms with E-state index in [0.717, 1.165) is 20.9 Å². The van der Waals surface area contributed by atoms with Crippen LogP contribution in [0.1, 0.15) is 18.1 Å². The van der Waals surface area contributed by atoms with Gasteiger partial charge in [0.25, 0.3) is 0 Å². The number of carbonyl (C=O) groups is 1. The van der Waals surface area contributed by atoms with Crippen molar-refractivity contribution in [1.29, 1.82) is 0 Å².